The zero-order chi connectivity index (χ0) is 16.5. The summed E-state index contributed by atoms with van der Waals surface area (Å²) in [6.07, 6.45) is 5.20. The average Bonchev–Trinajstić information content (AvgIpc) is 3.30. The molecule has 1 aliphatic carbocycles. The molecule has 0 unspecified atom stereocenters. The van der Waals surface area contributed by atoms with Crippen LogP contribution in [0.3, 0.4) is 0 Å². The molecular weight excluding hydrogens is 304 g/mol. The highest BCUT2D eigenvalue weighted by atomic mass is 16.2. The third-order valence-corrected chi connectivity index (χ3v) is 4.61. The van der Waals surface area contributed by atoms with Crippen LogP contribution in [0.4, 0.5) is 5.82 Å². The molecule has 1 fully saturated rings. The Morgan fingerprint density at radius 1 is 1.29 bits per heavy atom. The molecule has 4 rings (SSSR count). The van der Waals surface area contributed by atoms with Gasteiger partial charge in [0.2, 0.25) is 5.91 Å². The lowest BCUT2D eigenvalue weighted by molar-refractivity contribution is -0.133. The first-order valence-corrected chi connectivity index (χ1v) is 8.54. The summed E-state index contributed by atoms with van der Waals surface area (Å²) in [7, 11) is 0. The SMILES string of the molecule is Cc1ccc(NCc2cn3c(n2)CN(C(=O)CC2CC2)CC3)nn1. The molecule has 0 radical (unpaired) electrons. The van der Waals surface area contributed by atoms with Gasteiger partial charge in [0.1, 0.15) is 11.6 Å². The molecule has 3 heterocycles. The van der Waals surface area contributed by atoms with E-state index in [1.165, 1.54) is 12.8 Å². The maximum atomic E-state index is 12.3. The Morgan fingerprint density at radius 2 is 2.17 bits per heavy atom. The van der Waals surface area contributed by atoms with Crippen LogP contribution in [0.15, 0.2) is 18.3 Å². The van der Waals surface area contributed by atoms with Crippen molar-refractivity contribution in [2.24, 2.45) is 5.92 Å². The lowest BCUT2D eigenvalue weighted by atomic mass is 10.2. The van der Waals surface area contributed by atoms with Gasteiger partial charge < -0.3 is 14.8 Å². The molecule has 7 nitrogen and oxygen atoms in total. The zero-order valence-electron chi connectivity index (χ0n) is 13.9. The summed E-state index contributed by atoms with van der Waals surface area (Å²) >= 11 is 0. The number of hydrogen-bond acceptors (Lipinski definition) is 5. The molecule has 0 bridgehead atoms. The molecule has 24 heavy (non-hydrogen) atoms. The Balaban J connectivity index is 1.37. The maximum absolute atomic E-state index is 12.3. The fourth-order valence-electron chi connectivity index (χ4n) is 2.98. The van der Waals surface area contributed by atoms with Crippen LogP contribution >= 0.6 is 0 Å². The fourth-order valence-corrected chi connectivity index (χ4v) is 2.98. The van der Waals surface area contributed by atoms with Gasteiger partial charge in [-0.1, -0.05) is 0 Å². The minimum absolute atomic E-state index is 0.279. The number of rotatable bonds is 5. The summed E-state index contributed by atoms with van der Waals surface area (Å²) < 4.78 is 2.15. The van der Waals surface area contributed by atoms with Gasteiger partial charge in [-0.05, 0) is 37.8 Å². The molecular formula is C17H22N6O. The number of aromatic nitrogens is 4. The largest absolute Gasteiger partial charge is 0.363 e. The molecule has 7 heteroatoms. The smallest absolute Gasteiger partial charge is 0.223 e. The first-order valence-electron chi connectivity index (χ1n) is 8.54. The Morgan fingerprint density at radius 3 is 2.92 bits per heavy atom. The van der Waals surface area contributed by atoms with E-state index in [-0.39, 0.29) is 5.91 Å². The zero-order valence-corrected chi connectivity index (χ0v) is 13.9. The lowest BCUT2D eigenvalue weighted by Crippen LogP contribution is -2.38. The number of amides is 1. The lowest BCUT2D eigenvalue weighted by Gasteiger charge is -2.27. The number of imidazole rings is 1. The number of hydrogen-bond donors (Lipinski definition) is 1. The molecule has 0 saturated heterocycles. The molecule has 1 aliphatic heterocycles. The number of carbonyl (C=O) groups excluding carboxylic acids is 1. The van der Waals surface area contributed by atoms with Gasteiger partial charge in [0.25, 0.3) is 0 Å². The fraction of sp³-hybridized carbons (Fsp3) is 0.529. The molecule has 0 spiro atoms. The second-order valence-electron chi connectivity index (χ2n) is 6.72. The maximum Gasteiger partial charge on any atom is 0.223 e. The highest BCUT2D eigenvalue weighted by molar-refractivity contribution is 5.76. The van der Waals surface area contributed by atoms with E-state index in [9.17, 15) is 4.79 Å². The van der Waals surface area contributed by atoms with Crippen LogP contribution < -0.4 is 5.32 Å². The predicted octanol–water partition coefficient (Wildman–Crippen LogP) is 1.74. The van der Waals surface area contributed by atoms with E-state index in [0.717, 1.165) is 36.1 Å². The number of nitrogens with zero attached hydrogens (tertiary/aromatic N) is 5. The Hall–Kier alpha value is -2.44. The van der Waals surface area contributed by atoms with Crippen molar-refractivity contribution in [1.82, 2.24) is 24.6 Å². The van der Waals surface area contributed by atoms with E-state index in [1.807, 2.05) is 24.0 Å². The monoisotopic (exact) mass is 326 g/mol. The van der Waals surface area contributed by atoms with Gasteiger partial charge in [0, 0.05) is 25.7 Å². The second kappa shape index (κ2) is 6.22. The molecule has 2 aromatic heterocycles. The second-order valence-corrected chi connectivity index (χ2v) is 6.72. The molecule has 2 aromatic rings. The van der Waals surface area contributed by atoms with E-state index in [2.05, 4.69) is 31.3 Å². The van der Waals surface area contributed by atoms with Crippen LogP contribution in [0.2, 0.25) is 0 Å². The van der Waals surface area contributed by atoms with Crippen molar-refractivity contribution >= 4 is 11.7 Å². The van der Waals surface area contributed by atoms with Gasteiger partial charge in [0.15, 0.2) is 0 Å². The van der Waals surface area contributed by atoms with Crippen LogP contribution in [-0.2, 0) is 24.4 Å². The van der Waals surface area contributed by atoms with Crippen molar-refractivity contribution in [3.8, 4) is 0 Å². The molecule has 2 aliphatic rings. The predicted molar refractivity (Wildman–Crippen MR) is 89.1 cm³/mol. The van der Waals surface area contributed by atoms with Crippen molar-refractivity contribution in [3.05, 3.63) is 35.5 Å². The first kappa shape index (κ1) is 15.1. The van der Waals surface area contributed by atoms with Crippen LogP contribution in [0.5, 0.6) is 0 Å². The molecule has 0 atom stereocenters. The normalized spacial score (nSPS) is 16.8. The first-order chi connectivity index (χ1) is 11.7. The summed E-state index contributed by atoms with van der Waals surface area (Å²) in [5.74, 6) is 2.63. The van der Waals surface area contributed by atoms with Gasteiger partial charge >= 0.3 is 0 Å². The van der Waals surface area contributed by atoms with E-state index in [4.69, 9.17) is 0 Å². The number of nitrogens with one attached hydrogen (secondary N) is 1. The topological polar surface area (TPSA) is 75.9 Å². The molecule has 0 aromatic carbocycles. The molecule has 1 N–H and O–H groups in total. The van der Waals surface area contributed by atoms with Crippen LogP contribution in [0.25, 0.3) is 0 Å². The third kappa shape index (κ3) is 3.39. The number of carbonyl (C=O) groups is 1. The van der Waals surface area contributed by atoms with Gasteiger partial charge in [-0.3, -0.25) is 4.79 Å². The van der Waals surface area contributed by atoms with Gasteiger partial charge in [-0.25, -0.2) is 4.98 Å². The van der Waals surface area contributed by atoms with Crippen molar-refractivity contribution in [3.63, 3.8) is 0 Å². The van der Waals surface area contributed by atoms with Gasteiger partial charge in [0.05, 0.1) is 24.5 Å². The summed E-state index contributed by atoms with van der Waals surface area (Å²) in [6.45, 7) is 4.74. The van der Waals surface area contributed by atoms with Gasteiger partial charge in [-0.15, -0.1) is 5.10 Å². The molecule has 1 amide bonds. The van der Waals surface area contributed by atoms with Crippen molar-refractivity contribution in [1.29, 1.82) is 0 Å². The Labute approximate surface area is 141 Å². The van der Waals surface area contributed by atoms with Gasteiger partial charge in [-0.2, -0.15) is 5.10 Å². The van der Waals surface area contributed by atoms with Crippen LogP contribution in [-0.4, -0.2) is 37.1 Å². The van der Waals surface area contributed by atoms with Crippen molar-refractivity contribution in [2.75, 3.05) is 11.9 Å². The van der Waals surface area contributed by atoms with E-state index in [1.54, 1.807) is 0 Å². The Kier molecular flexibility index (Phi) is 3.92. The van der Waals surface area contributed by atoms with Crippen molar-refractivity contribution < 1.29 is 4.79 Å². The van der Waals surface area contributed by atoms with E-state index >= 15 is 0 Å². The summed E-state index contributed by atoms with van der Waals surface area (Å²) in [6, 6.07) is 3.84. The Bertz CT molecular complexity index is 734. The number of fused-ring (bicyclic) bond motifs is 1. The quantitative estimate of drug-likeness (QED) is 0.906. The standard InChI is InChI=1S/C17H22N6O/c1-12-2-5-15(21-20-12)18-9-14-10-22-6-7-23(11-16(22)19-14)17(24)8-13-3-4-13/h2,5,10,13H,3-4,6-9,11H2,1H3,(H,18,21). The van der Waals surface area contributed by atoms with Crippen LogP contribution in [0, 0.1) is 12.8 Å². The summed E-state index contributed by atoms with van der Waals surface area (Å²) in [5.41, 5.74) is 1.86. The summed E-state index contributed by atoms with van der Waals surface area (Å²) in [5, 5.41) is 11.4. The minimum Gasteiger partial charge on any atom is -0.363 e. The van der Waals surface area contributed by atoms with Crippen LogP contribution in [0.1, 0.15) is 36.5 Å². The molecule has 126 valence electrons. The van der Waals surface area contributed by atoms with E-state index < -0.39 is 0 Å². The van der Waals surface area contributed by atoms with E-state index in [0.29, 0.717) is 25.4 Å². The molecule has 1 saturated carbocycles. The minimum atomic E-state index is 0.279. The summed E-state index contributed by atoms with van der Waals surface area (Å²) in [4.78, 5) is 18.9. The van der Waals surface area contributed by atoms with Crippen molar-refractivity contribution in [2.45, 2.75) is 45.8 Å². The highest BCUT2D eigenvalue weighted by Crippen LogP contribution is 2.33. The number of aryl methyl sites for hydroxylation is 1. The number of anilines is 1. The third-order valence-electron chi connectivity index (χ3n) is 4.61. The highest BCUT2D eigenvalue weighted by Gasteiger charge is 2.29. The average molecular weight is 326 g/mol.